The van der Waals surface area contributed by atoms with Crippen molar-refractivity contribution in [3.63, 3.8) is 0 Å². The first-order valence-corrected chi connectivity index (χ1v) is 8.82. The van der Waals surface area contributed by atoms with Crippen molar-refractivity contribution < 1.29 is 4.48 Å². The van der Waals surface area contributed by atoms with Crippen LogP contribution in [0.15, 0.2) is 24.3 Å². The van der Waals surface area contributed by atoms with Crippen LogP contribution >= 0.6 is 0 Å². The number of rotatable bonds is 5. The lowest BCUT2D eigenvalue weighted by atomic mass is 10.2. The zero-order valence-corrected chi connectivity index (χ0v) is 14.0. The molecule has 0 radical (unpaired) electrons. The largest absolute Gasteiger partial charge is 0.397 e. The van der Waals surface area contributed by atoms with Crippen molar-refractivity contribution in [2.45, 2.75) is 19.3 Å². The summed E-state index contributed by atoms with van der Waals surface area (Å²) in [5.74, 6) is 0. The van der Waals surface area contributed by atoms with E-state index in [-0.39, 0.29) is 0 Å². The zero-order valence-electron chi connectivity index (χ0n) is 14.0. The molecule has 0 aliphatic carbocycles. The number of benzene rings is 1. The fourth-order valence-electron chi connectivity index (χ4n) is 3.99. The van der Waals surface area contributed by atoms with Crippen molar-refractivity contribution in [1.29, 1.82) is 0 Å². The molecule has 0 unspecified atom stereocenters. The second-order valence-corrected chi connectivity index (χ2v) is 7.24. The fourth-order valence-corrected chi connectivity index (χ4v) is 3.99. The Morgan fingerprint density at radius 3 is 2.41 bits per heavy atom. The molecule has 4 heteroatoms. The fraction of sp³-hybridized carbons (Fsp3) is 0.667. The second kappa shape index (κ2) is 6.88. The van der Waals surface area contributed by atoms with Crippen LogP contribution in [0.5, 0.6) is 0 Å². The molecule has 122 valence electrons. The molecule has 0 saturated carbocycles. The summed E-state index contributed by atoms with van der Waals surface area (Å²) in [6.45, 7) is 9.91. The summed E-state index contributed by atoms with van der Waals surface area (Å²) >= 11 is 0. The molecule has 2 aliphatic heterocycles. The molecule has 0 spiro atoms. The predicted octanol–water partition coefficient (Wildman–Crippen LogP) is 2.02. The lowest BCUT2D eigenvalue weighted by Gasteiger charge is -2.37. The standard InChI is InChI=1S/C18H31N4/c1-22(14-4-5-15-22)16-6-9-20-10-12-21(13-11-20)18-8-3-2-7-17(18)19/h2-3,7-8H,4-6,9-16,19H2,1H3/q+1. The van der Waals surface area contributed by atoms with Crippen LogP contribution in [0.2, 0.25) is 0 Å². The summed E-state index contributed by atoms with van der Waals surface area (Å²) < 4.78 is 1.31. The van der Waals surface area contributed by atoms with Crippen molar-refractivity contribution in [1.82, 2.24) is 4.90 Å². The Kier molecular flexibility index (Phi) is 4.89. The third-order valence-corrected chi connectivity index (χ3v) is 5.47. The number of nitrogens with two attached hydrogens (primary N) is 1. The first kappa shape index (κ1) is 15.6. The first-order chi connectivity index (χ1) is 10.7. The Morgan fingerprint density at radius 2 is 1.73 bits per heavy atom. The summed E-state index contributed by atoms with van der Waals surface area (Å²) in [5, 5.41) is 0. The molecule has 2 fully saturated rings. The van der Waals surface area contributed by atoms with Crippen LogP contribution < -0.4 is 10.6 Å². The summed E-state index contributed by atoms with van der Waals surface area (Å²) in [7, 11) is 2.43. The van der Waals surface area contributed by atoms with E-state index in [0.29, 0.717) is 0 Å². The van der Waals surface area contributed by atoms with Gasteiger partial charge in [0.2, 0.25) is 0 Å². The summed E-state index contributed by atoms with van der Waals surface area (Å²) in [6, 6.07) is 8.24. The normalized spacial score (nSPS) is 22.1. The van der Waals surface area contributed by atoms with Crippen LogP contribution in [-0.2, 0) is 0 Å². The second-order valence-electron chi connectivity index (χ2n) is 7.24. The van der Waals surface area contributed by atoms with Crippen LogP contribution in [0.25, 0.3) is 0 Å². The lowest BCUT2D eigenvalue weighted by molar-refractivity contribution is -0.897. The number of nitrogens with zero attached hydrogens (tertiary/aromatic N) is 3. The van der Waals surface area contributed by atoms with E-state index in [1.807, 2.05) is 12.1 Å². The van der Waals surface area contributed by atoms with Gasteiger partial charge in [0.1, 0.15) is 0 Å². The molecular formula is C18H31N4+. The number of anilines is 2. The van der Waals surface area contributed by atoms with E-state index in [0.717, 1.165) is 31.9 Å². The molecule has 0 amide bonds. The van der Waals surface area contributed by atoms with Gasteiger partial charge in [0.15, 0.2) is 0 Å². The Morgan fingerprint density at radius 1 is 1.05 bits per heavy atom. The minimum atomic E-state index is 0.905. The number of hydrogen-bond donors (Lipinski definition) is 1. The van der Waals surface area contributed by atoms with E-state index in [9.17, 15) is 0 Å². The van der Waals surface area contributed by atoms with Crippen molar-refractivity contribution >= 4 is 11.4 Å². The van der Waals surface area contributed by atoms with Gasteiger partial charge in [-0.25, -0.2) is 0 Å². The Hall–Kier alpha value is -1.26. The highest BCUT2D eigenvalue weighted by Crippen LogP contribution is 2.23. The van der Waals surface area contributed by atoms with Crippen molar-refractivity contribution in [3.8, 4) is 0 Å². The van der Waals surface area contributed by atoms with E-state index in [2.05, 4.69) is 29.0 Å². The number of para-hydroxylation sites is 2. The van der Waals surface area contributed by atoms with E-state index in [1.165, 1.54) is 55.6 Å². The SMILES string of the molecule is C[N+]1(CCCN2CCN(c3ccccc3N)CC2)CCCC1. The highest BCUT2D eigenvalue weighted by Gasteiger charge is 2.26. The molecule has 1 aromatic carbocycles. The van der Waals surface area contributed by atoms with E-state index in [4.69, 9.17) is 5.73 Å². The monoisotopic (exact) mass is 303 g/mol. The highest BCUT2D eigenvalue weighted by molar-refractivity contribution is 5.67. The molecule has 0 atom stereocenters. The van der Waals surface area contributed by atoms with Crippen molar-refractivity contribution in [2.24, 2.45) is 0 Å². The molecule has 4 nitrogen and oxygen atoms in total. The van der Waals surface area contributed by atoms with E-state index >= 15 is 0 Å². The molecule has 0 aromatic heterocycles. The Labute approximate surface area is 135 Å². The van der Waals surface area contributed by atoms with Gasteiger partial charge in [-0.2, -0.15) is 0 Å². The van der Waals surface area contributed by atoms with Crippen LogP contribution in [0, 0.1) is 0 Å². The smallest absolute Gasteiger partial charge is 0.0796 e. The molecule has 22 heavy (non-hydrogen) atoms. The summed E-state index contributed by atoms with van der Waals surface area (Å²) in [5.41, 5.74) is 8.20. The van der Waals surface area contributed by atoms with Crippen LogP contribution in [0.4, 0.5) is 11.4 Å². The van der Waals surface area contributed by atoms with E-state index in [1.54, 1.807) is 0 Å². The minimum absolute atomic E-state index is 0.905. The van der Waals surface area contributed by atoms with Crippen molar-refractivity contribution in [3.05, 3.63) is 24.3 Å². The van der Waals surface area contributed by atoms with Gasteiger partial charge in [0, 0.05) is 52.0 Å². The topological polar surface area (TPSA) is 32.5 Å². The highest BCUT2D eigenvalue weighted by atomic mass is 15.3. The minimum Gasteiger partial charge on any atom is -0.397 e. The zero-order chi connectivity index (χ0) is 15.4. The molecule has 1 aromatic rings. The third-order valence-electron chi connectivity index (χ3n) is 5.47. The molecule has 2 heterocycles. The van der Waals surface area contributed by atoms with Gasteiger partial charge in [-0.05, 0) is 12.1 Å². The predicted molar refractivity (Wildman–Crippen MR) is 94.1 cm³/mol. The molecule has 2 N–H and O–H groups in total. The molecular weight excluding hydrogens is 272 g/mol. The molecule has 2 aliphatic rings. The number of hydrogen-bond acceptors (Lipinski definition) is 3. The van der Waals surface area contributed by atoms with Gasteiger partial charge in [0.05, 0.1) is 38.1 Å². The van der Waals surface area contributed by atoms with Gasteiger partial charge in [-0.3, -0.25) is 4.90 Å². The molecule has 3 rings (SSSR count). The first-order valence-electron chi connectivity index (χ1n) is 8.82. The average molecular weight is 303 g/mol. The van der Waals surface area contributed by atoms with Crippen LogP contribution in [0.1, 0.15) is 19.3 Å². The Bertz CT molecular complexity index is 474. The lowest BCUT2D eigenvalue weighted by Crippen LogP contribution is -2.48. The van der Waals surface area contributed by atoms with Gasteiger partial charge < -0.3 is 15.1 Å². The Balaban J connectivity index is 1.41. The van der Waals surface area contributed by atoms with Crippen LogP contribution in [-0.4, -0.2) is 68.8 Å². The third kappa shape index (κ3) is 3.73. The number of piperazine rings is 1. The summed E-state index contributed by atoms with van der Waals surface area (Å²) in [6.07, 6.45) is 4.19. The van der Waals surface area contributed by atoms with Crippen LogP contribution in [0.3, 0.4) is 0 Å². The maximum absolute atomic E-state index is 6.09. The maximum Gasteiger partial charge on any atom is 0.0796 e. The maximum atomic E-state index is 6.09. The number of likely N-dealkylation sites (tertiary alicyclic amines) is 1. The quantitative estimate of drug-likeness (QED) is 0.667. The van der Waals surface area contributed by atoms with Gasteiger partial charge >= 0.3 is 0 Å². The van der Waals surface area contributed by atoms with Gasteiger partial charge in [0.25, 0.3) is 0 Å². The summed E-state index contributed by atoms with van der Waals surface area (Å²) in [4.78, 5) is 5.05. The average Bonchev–Trinajstić information content (AvgIpc) is 2.96. The number of quaternary nitrogens is 1. The van der Waals surface area contributed by atoms with E-state index < -0.39 is 0 Å². The molecule has 2 saturated heterocycles. The number of nitrogen functional groups attached to an aromatic ring is 1. The van der Waals surface area contributed by atoms with Gasteiger partial charge in [-0.1, -0.05) is 12.1 Å². The van der Waals surface area contributed by atoms with Crippen molar-refractivity contribution in [2.75, 3.05) is 70.0 Å². The molecule has 0 bridgehead atoms. The van der Waals surface area contributed by atoms with Gasteiger partial charge in [-0.15, -0.1) is 0 Å².